The zero-order chi connectivity index (χ0) is 19.4. The van der Waals surface area contributed by atoms with E-state index in [4.69, 9.17) is 9.15 Å². The summed E-state index contributed by atoms with van der Waals surface area (Å²) in [5.74, 6) is 0.413. The first-order chi connectivity index (χ1) is 14.2. The molecule has 2 aromatic carbocycles. The highest BCUT2D eigenvalue weighted by Gasteiger charge is 2.49. The Hall–Kier alpha value is -2.14. The van der Waals surface area contributed by atoms with Crippen LogP contribution in [0.15, 0.2) is 53.1 Å². The normalized spacial score (nSPS) is 24.5. The summed E-state index contributed by atoms with van der Waals surface area (Å²) in [5.41, 5.74) is 7.11. The molecule has 4 nitrogen and oxygen atoms in total. The summed E-state index contributed by atoms with van der Waals surface area (Å²) in [7, 11) is 2.24. The van der Waals surface area contributed by atoms with Crippen LogP contribution < -0.4 is 0 Å². The van der Waals surface area contributed by atoms with E-state index in [1.165, 1.54) is 40.5 Å². The first kappa shape index (κ1) is 17.7. The highest BCUT2D eigenvalue weighted by molar-refractivity contribution is 5.78. The third-order valence-electron chi connectivity index (χ3n) is 7.21. The van der Waals surface area contributed by atoms with Crippen molar-refractivity contribution in [3.05, 3.63) is 71.0 Å². The van der Waals surface area contributed by atoms with E-state index >= 15 is 0 Å². The molecule has 3 aliphatic rings. The average Bonchev–Trinajstić information content (AvgIpc) is 3.44. The lowest BCUT2D eigenvalue weighted by Crippen LogP contribution is -2.43. The predicted molar refractivity (Wildman–Crippen MR) is 114 cm³/mol. The number of furan rings is 1. The molecule has 1 unspecified atom stereocenters. The first-order valence-corrected chi connectivity index (χ1v) is 10.8. The predicted octanol–water partition coefficient (Wildman–Crippen LogP) is 4.33. The van der Waals surface area contributed by atoms with Crippen LogP contribution in [0.5, 0.6) is 0 Å². The van der Waals surface area contributed by atoms with Crippen molar-refractivity contribution in [2.75, 3.05) is 39.9 Å². The van der Waals surface area contributed by atoms with E-state index in [9.17, 15) is 0 Å². The topological polar surface area (TPSA) is 28.9 Å². The molecule has 2 aliphatic heterocycles. The smallest absolute Gasteiger partial charge is 0.133 e. The van der Waals surface area contributed by atoms with Crippen LogP contribution in [0, 0.1) is 0 Å². The number of fused-ring (bicyclic) bond motifs is 2. The van der Waals surface area contributed by atoms with Crippen molar-refractivity contribution < 1.29 is 9.15 Å². The van der Waals surface area contributed by atoms with Gasteiger partial charge in [-0.2, -0.15) is 0 Å². The molecule has 1 aromatic heterocycles. The van der Waals surface area contributed by atoms with Gasteiger partial charge in [0, 0.05) is 43.0 Å². The molecule has 3 aromatic rings. The van der Waals surface area contributed by atoms with Crippen molar-refractivity contribution in [1.29, 1.82) is 0 Å². The highest BCUT2D eigenvalue weighted by Crippen LogP contribution is 2.52. The number of hydrogen-bond donors (Lipinski definition) is 0. The van der Waals surface area contributed by atoms with Crippen LogP contribution in [-0.2, 0) is 16.8 Å². The molecule has 150 valence electrons. The average molecular weight is 389 g/mol. The number of ether oxygens (including phenoxy) is 1. The van der Waals surface area contributed by atoms with Gasteiger partial charge in [0.2, 0.25) is 0 Å². The van der Waals surface area contributed by atoms with Gasteiger partial charge in [0.25, 0.3) is 0 Å². The number of hydrogen-bond acceptors (Lipinski definition) is 4. The van der Waals surface area contributed by atoms with Gasteiger partial charge >= 0.3 is 0 Å². The maximum Gasteiger partial charge on any atom is 0.133 e. The third-order valence-corrected chi connectivity index (χ3v) is 7.21. The van der Waals surface area contributed by atoms with Crippen LogP contribution in [0.4, 0.5) is 0 Å². The molecule has 1 aliphatic carbocycles. The summed E-state index contributed by atoms with van der Waals surface area (Å²) in [4.78, 5) is 5.12. The van der Waals surface area contributed by atoms with Crippen LogP contribution in [0.1, 0.15) is 41.0 Å². The standard InChI is InChI=1S/C25H28N2O2/c1-26-16-20-15-21(25(7-8-25)27-9-12-28-13-10-27)3-4-22(20)23(17-26)18-2-5-24-19(14-18)6-11-29-24/h2-6,11,14-15,23H,7-10,12-13,16-17H2,1H3. The monoisotopic (exact) mass is 388 g/mol. The van der Waals surface area contributed by atoms with Gasteiger partial charge in [-0.1, -0.05) is 24.3 Å². The van der Waals surface area contributed by atoms with E-state index in [1.54, 1.807) is 6.26 Å². The molecular formula is C25H28N2O2. The minimum Gasteiger partial charge on any atom is -0.464 e. The van der Waals surface area contributed by atoms with E-state index in [0.717, 1.165) is 45.0 Å². The molecule has 3 heterocycles. The number of nitrogens with zero attached hydrogens (tertiary/aromatic N) is 2. The number of benzene rings is 2. The van der Waals surface area contributed by atoms with Crippen LogP contribution in [0.3, 0.4) is 0 Å². The largest absolute Gasteiger partial charge is 0.464 e. The van der Waals surface area contributed by atoms with Gasteiger partial charge in [-0.25, -0.2) is 0 Å². The van der Waals surface area contributed by atoms with Gasteiger partial charge < -0.3 is 14.1 Å². The second-order valence-corrected chi connectivity index (χ2v) is 9.01. The molecular weight excluding hydrogens is 360 g/mol. The summed E-state index contributed by atoms with van der Waals surface area (Å²) >= 11 is 0. The fraction of sp³-hybridized carbons (Fsp3) is 0.440. The van der Waals surface area contributed by atoms with Crippen molar-refractivity contribution >= 4 is 11.0 Å². The highest BCUT2D eigenvalue weighted by atomic mass is 16.5. The lowest BCUT2D eigenvalue weighted by atomic mass is 9.83. The summed E-state index contributed by atoms with van der Waals surface area (Å²) in [6.45, 7) is 5.95. The Morgan fingerprint density at radius 3 is 2.69 bits per heavy atom. The fourth-order valence-electron chi connectivity index (χ4n) is 5.52. The maximum atomic E-state index is 5.60. The van der Waals surface area contributed by atoms with E-state index in [1.807, 2.05) is 0 Å². The van der Waals surface area contributed by atoms with Crippen molar-refractivity contribution in [2.24, 2.45) is 0 Å². The van der Waals surface area contributed by atoms with Crippen molar-refractivity contribution in [3.63, 3.8) is 0 Å². The minimum atomic E-state index is 0.264. The maximum absolute atomic E-state index is 5.60. The van der Waals surface area contributed by atoms with Crippen molar-refractivity contribution in [2.45, 2.75) is 30.8 Å². The first-order valence-electron chi connectivity index (χ1n) is 10.8. The SMILES string of the molecule is CN1Cc2cc(C3(N4CCOCC4)CC3)ccc2C(c2ccc3occc3c2)C1. The van der Waals surface area contributed by atoms with Gasteiger partial charge in [-0.05, 0) is 60.3 Å². The Kier molecular flexibility index (Phi) is 4.09. The minimum absolute atomic E-state index is 0.264. The van der Waals surface area contributed by atoms with E-state index < -0.39 is 0 Å². The molecule has 1 saturated heterocycles. The Morgan fingerprint density at radius 1 is 1.00 bits per heavy atom. The molecule has 2 fully saturated rings. The molecule has 0 spiro atoms. The Bertz CT molecular complexity index is 1050. The zero-order valence-electron chi connectivity index (χ0n) is 17.1. The molecule has 0 bridgehead atoms. The second kappa shape index (κ2) is 6.69. The summed E-state index contributed by atoms with van der Waals surface area (Å²) in [6.07, 6.45) is 4.34. The van der Waals surface area contributed by atoms with Gasteiger partial charge in [-0.15, -0.1) is 0 Å². The van der Waals surface area contributed by atoms with Gasteiger partial charge in [0.1, 0.15) is 5.58 Å². The molecule has 29 heavy (non-hydrogen) atoms. The van der Waals surface area contributed by atoms with Gasteiger partial charge in [0.05, 0.1) is 19.5 Å². The number of morpholine rings is 1. The van der Waals surface area contributed by atoms with Gasteiger partial charge in [0.15, 0.2) is 0 Å². The van der Waals surface area contributed by atoms with Crippen LogP contribution >= 0.6 is 0 Å². The summed E-state index contributed by atoms with van der Waals surface area (Å²) in [6, 6.07) is 16.1. The van der Waals surface area contributed by atoms with Crippen molar-refractivity contribution in [1.82, 2.24) is 9.80 Å². The third kappa shape index (κ3) is 2.93. The lowest BCUT2D eigenvalue weighted by Gasteiger charge is -2.37. The quantitative estimate of drug-likeness (QED) is 0.668. The molecule has 6 rings (SSSR count). The second-order valence-electron chi connectivity index (χ2n) is 9.01. The van der Waals surface area contributed by atoms with E-state index in [2.05, 4.69) is 59.3 Å². The Labute approximate surface area is 172 Å². The van der Waals surface area contributed by atoms with Gasteiger partial charge in [-0.3, -0.25) is 4.90 Å². The van der Waals surface area contributed by atoms with Crippen LogP contribution in [0.25, 0.3) is 11.0 Å². The van der Waals surface area contributed by atoms with E-state index in [0.29, 0.717) is 5.92 Å². The fourth-order valence-corrected chi connectivity index (χ4v) is 5.52. The Balaban J connectivity index is 1.37. The lowest BCUT2D eigenvalue weighted by molar-refractivity contribution is 0.00831. The van der Waals surface area contributed by atoms with Crippen LogP contribution in [0.2, 0.25) is 0 Å². The zero-order valence-corrected chi connectivity index (χ0v) is 17.1. The van der Waals surface area contributed by atoms with Crippen molar-refractivity contribution in [3.8, 4) is 0 Å². The molecule has 1 saturated carbocycles. The van der Waals surface area contributed by atoms with Crippen LogP contribution in [-0.4, -0.2) is 49.7 Å². The number of likely N-dealkylation sites (N-methyl/N-ethyl adjacent to an activating group) is 1. The van der Waals surface area contributed by atoms with E-state index in [-0.39, 0.29) is 5.54 Å². The molecule has 0 amide bonds. The summed E-state index contributed by atoms with van der Waals surface area (Å²) < 4.78 is 11.1. The molecule has 1 atom stereocenters. The Morgan fingerprint density at radius 2 is 1.86 bits per heavy atom. The summed E-state index contributed by atoms with van der Waals surface area (Å²) in [5, 5.41) is 1.19. The molecule has 0 N–H and O–H groups in total. The number of rotatable bonds is 3. The molecule has 0 radical (unpaired) electrons. The molecule has 4 heteroatoms.